The summed E-state index contributed by atoms with van der Waals surface area (Å²) in [7, 11) is 1.67. The van der Waals surface area contributed by atoms with Crippen molar-refractivity contribution in [1.82, 2.24) is 30.1 Å². The Labute approximate surface area is 200 Å². The van der Waals surface area contributed by atoms with Gasteiger partial charge < -0.3 is 14.5 Å². The van der Waals surface area contributed by atoms with Crippen LogP contribution in [0.3, 0.4) is 0 Å². The first-order valence-corrected chi connectivity index (χ1v) is 12.2. The summed E-state index contributed by atoms with van der Waals surface area (Å²) in [5.74, 6) is 0.806. The summed E-state index contributed by atoms with van der Waals surface area (Å²) in [6.45, 7) is 9.46. The molecule has 2 aromatic heterocycles. The van der Waals surface area contributed by atoms with Crippen molar-refractivity contribution in [3.63, 3.8) is 0 Å². The van der Waals surface area contributed by atoms with Crippen molar-refractivity contribution in [2.24, 2.45) is 0 Å². The number of aromatic nitrogens is 5. The van der Waals surface area contributed by atoms with Gasteiger partial charge in [-0.25, -0.2) is 4.68 Å². The molecule has 0 amide bonds. The van der Waals surface area contributed by atoms with E-state index in [1.165, 1.54) is 11.1 Å². The van der Waals surface area contributed by atoms with Crippen LogP contribution >= 0.6 is 0 Å². The fourth-order valence-corrected chi connectivity index (χ4v) is 4.75. The molecule has 0 aliphatic carbocycles. The Bertz CT molecular complexity index is 1150. The zero-order chi connectivity index (χ0) is 24.1. The van der Waals surface area contributed by atoms with Crippen LogP contribution in [0.5, 0.6) is 0 Å². The highest BCUT2D eigenvalue weighted by Crippen LogP contribution is 2.28. The number of fused-ring (bicyclic) bond motifs is 1. The molecule has 3 aromatic rings. The van der Waals surface area contributed by atoms with E-state index < -0.39 is 0 Å². The summed E-state index contributed by atoms with van der Waals surface area (Å²) in [5, 5.41) is 13.6. The predicted octanol–water partition coefficient (Wildman–Crippen LogP) is 3.30. The maximum absolute atomic E-state index is 13.1. The van der Waals surface area contributed by atoms with Gasteiger partial charge in [0.1, 0.15) is 0 Å². The quantitative estimate of drug-likeness (QED) is 0.461. The molecule has 0 bridgehead atoms. The van der Waals surface area contributed by atoms with Crippen LogP contribution in [0.1, 0.15) is 61.2 Å². The number of nitrogens with one attached hydrogen (secondary N) is 1. The van der Waals surface area contributed by atoms with Gasteiger partial charge in [0.05, 0.1) is 25.3 Å². The summed E-state index contributed by atoms with van der Waals surface area (Å²) in [5.41, 5.74) is 3.94. The van der Waals surface area contributed by atoms with Gasteiger partial charge in [-0.15, -0.1) is 5.10 Å². The molecule has 3 heterocycles. The minimum absolute atomic E-state index is 0.0316. The van der Waals surface area contributed by atoms with E-state index in [1.54, 1.807) is 7.11 Å². The summed E-state index contributed by atoms with van der Waals surface area (Å²) in [4.78, 5) is 18.5. The lowest BCUT2D eigenvalue weighted by atomic mass is 10.0. The monoisotopic (exact) mass is 468 g/mol. The first-order chi connectivity index (χ1) is 16.5. The molecule has 9 nitrogen and oxygen atoms in total. The van der Waals surface area contributed by atoms with Crippen molar-refractivity contribution < 1.29 is 9.47 Å². The summed E-state index contributed by atoms with van der Waals surface area (Å²) in [6.07, 6.45) is 4.08. The molecular formula is C25H36N6O3. The van der Waals surface area contributed by atoms with Gasteiger partial charge in [-0.3, -0.25) is 9.69 Å². The van der Waals surface area contributed by atoms with Crippen LogP contribution in [-0.2, 0) is 22.6 Å². The number of methoxy groups -OCH3 is 1. The fourth-order valence-electron chi connectivity index (χ4n) is 4.75. The number of tetrazole rings is 1. The first-order valence-electron chi connectivity index (χ1n) is 12.2. The molecule has 34 heavy (non-hydrogen) atoms. The maximum Gasteiger partial charge on any atom is 0.252 e. The molecule has 1 N–H and O–H groups in total. The largest absolute Gasteiger partial charge is 0.383 e. The van der Waals surface area contributed by atoms with Crippen LogP contribution < -0.4 is 5.56 Å². The number of ether oxygens (including phenoxy) is 2. The van der Waals surface area contributed by atoms with Crippen LogP contribution in [-0.4, -0.2) is 63.1 Å². The molecule has 1 saturated heterocycles. The molecule has 1 aliphatic rings. The molecule has 4 rings (SSSR count). The van der Waals surface area contributed by atoms with Crippen LogP contribution in [0.15, 0.2) is 23.0 Å². The van der Waals surface area contributed by atoms with E-state index in [1.807, 2.05) is 16.8 Å². The first kappa shape index (κ1) is 24.5. The van der Waals surface area contributed by atoms with Crippen molar-refractivity contribution in [3.8, 4) is 0 Å². The lowest BCUT2D eigenvalue weighted by molar-refractivity contribution is 0.0471. The minimum Gasteiger partial charge on any atom is -0.383 e. The molecule has 184 valence electrons. The molecule has 9 heteroatoms. The van der Waals surface area contributed by atoms with Gasteiger partial charge in [0, 0.05) is 37.9 Å². The smallest absolute Gasteiger partial charge is 0.252 e. The van der Waals surface area contributed by atoms with Gasteiger partial charge in [0.2, 0.25) is 0 Å². The molecule has 1 aliphatic heterocycles. The Morgan fingerprint density at radius 1 is 1.29 bits per heavy atom. The molecule has 0 saturated carbocycles. The van der Waals surface area contributed by atoms with Crippen molar-refractivity contribution >= 4 is 10.9 Å². The van der Waals surface area contributed by atoms with E-state index in [0.29, 0.717) is 19.7 Å². The van der Waals surface area contributed by atoms with Crippen LogP contribution in [0.2, 0.25) is 0 Å². The maximum atomic E-state index is 13.1. The summed E-state index contributed by atoms with van der Waals surface area (Å²) < 4.78 is 13.1. The predicted molar refractivity (Wildman–Crippen MR) is 131 cm³/mol. The zero-order valence-electron chi connectivity index (χ0n) is 20.7. The van der Waals surface area contributed by atoms with Crippen molar-refractivity contribution in [2.75, 3.05) is 26.9 Å². The average Bonchev–Trinajstić information content (AvgIpc) is 3.49. The van der Waals surface area contributed by atoms with Gasteiger partial charge in [-0.1, -0.05) is 13.3 Å². The highest BCUT2D eigenvalue weighted by molar-refractivity contribution is 5.80. The SMILES string of the molecule is CCC[C@@H](c1nnnn1CCOC)N(Cc1cc2cc(C)c(C)cc2[nH]c1=O)C[C@@H]1CCCO1. The number of rotatable bonds is 11. The molecule has 2 atom stereocenters. The van der Waals surface area contributed by atoms with E-state index in [2.05, 4.69) is 52.2 Å². The third kappa shape index (κ3) is 5.54. The molecule has 0 unspecified atom stereocenters. The zero-order valence-corrected chi connectivity index (χ0v) is 20.7. The van der Waals surface area contributed by atoms with Crippen LogP contribution in [0.4, 0.5) is 0 Å². The highest BCUT2D eigenvalue weighted by atomic mass is 16.5. The van der Waals surface area contributed by atoms with E-state index in [-0.39, 0.29) is 17.7 Å². The second-order valence-electron chi connectivity index (χ2n) is 9.27. The van der Waals surface area contributed by atoms with E-state index >= 15 is 0 Å². The Morgan fingerprint density at radius 2 is 2.12 bits per heavy atom. The molecule has 0 radical (unpaired) electrons. The lowest BCUT2D eigenvalue weighted by Crippen LogP contribution is -2.38. The van der Waals surface area contributed by atoms with E-state index in [4.69, 9.17) is 9.47 Å². The van der Waals surface area contributed by atoms with Crippen molar-refractivity contribution in [2.45, 2.75) is 71.7 Å². The van der Waals surface area contributed by atoms with E-state index in [9.17, 15) is 4.79 Å². The van der Waals surface area contributed by atoms with Gasteiger partial charge in [-0.2, -0.15) is 0 Å². The average molecular weight is 469 g/mol. The second-order valence-corrected chi connectivity index (χ2v) is 9.27. The number of hydrogen-bond acceptors (Lipinski definition) is 7. The number of hydrogen-bond donors (Lipinski definition) is 1. The Morgan fingerprint density at radius 3 is 2.85 bits per heavy atom. The van der Waals surface area contributed by atoms with Gasteiger partial charge >= 0.3 is 0 Å². The second kappa shape index (κ2) is 11.2. The third-order valence-electron chi connectivity index (χ3n) is 6.74. The summed E-state index contributed by atoms with van der Waals surface area (Å²) >= 11 is 0. The van der Waals surface area contributed by atoms with Gasteiger partial charge in [0.25, 0.3) is 5.56 Å². The van der Waals surface area contributed by atoms with Gasteiger partial charge in [-0.05, 0) is 78.2 Å². The Hall–Kier alpha value is -2.62. The number of nitrogens with zero attached hydrogens (tertiary/aromatic N) is 5. The fraction of sp³-hybridized carbons (Fsp3) is 0.600. The molecule has 1 fully saturated rings. The molecule has 1 aromatic carbocycles. The van der Waals surface area contributed by atoms with Crippen LogP contribution in [0, 0.1) is 13.8 Å². The van der Waals surface area contributed by atoms with Gasteiger partial charge in [0.15, 0.2) is 5.82 Å². The highest BCUT2D eigenvalue weighted by Gasteiger charge is 2.30. The number of pyridine rings is 1. The lowest BCUT2D eigenvalue weighted by Gasteiger charge is -2.32. The number of aryl methyl sites for hydroxylation is 2. The number of benzene rings is 1. The number of H-pyrrole nitrogens is 1. The molecule has 0 spiro atoms. The third-order valence-corrected chi connectivity index (χ3v) is 6.74. The standard InChI is InChI=1S/C25H36N6O3/c1-5-7-23(24-27-28-29-31(24)9-11-33-4)30(16-21-8-6-10-34-21)15-20-14-19-12-17(2)18(3)13-22(19)26-25(20)32/h12-14,21,23H,5-11,15-16H2,1-4H3,(H,26,32)/t21-,23-/m0/s1. The topological polar surface area (TPSA) is 98.2 Å². The van der Waals surface area contributed by atoms with Crippen LogP contribution in [0.25, 0.3) is 10.9 Å². The van der Waals surface area contributed by atoms with Crippen molar-refractivity contribution in [3.05, 3.63) is 51.1 Å². The Kier molecular flexibility index (Phi) is 8.07. The van der Waals surface area contributed by atoms with E-state index in [0.717, 1.165) is 61.1 Å². The molecular weight excluding hydrogens is 432 g/mol. The minimum atomic E-state index is -0.0534. The Balaban J connectivity index is 1.70. The summed E-state index contributed by atoms with van der Waals surface area (Å²) in [6, 6.07) is 6.18. The normalized spacial score (nSPS) is 17.1. The number of aromatic amines is 1. The van der Waals surface area contributed by atoms with Crippen molar-refractivity contribution in [1.29, 1.82) is 0 Å².